The van der Waals surface area contributed by atoms with Gasteiger partial charge in [0.25, 0.3) is 0 Å². The molecule has 0 unspecified atom stereocenters. The van der Waals surface area contributed by atoms with Crippen LogP contribution in [0.2, 0.25) is 0 Å². The van der Waals surface area contributed by atoms with Crippen LogP contribution in [0, 0.1) is 20.8 Å². The molecule has 0 saturated carbocycles. The molecule has 1 aromatic rings. The van der Waals surface area contributed by atoms with E-state index in [2.05, 4.69) is 0 Å². The Morgan fingerprint density at radius 2 is 2.00 bits per heavy atom. The molecule has 1 aromatic carbocycles. The van der Waals surface area contributed by atoms with Crippen molar-refractivity contribution in [2.45, 2.75) is 45.1 Å². The Morgan fingerprint density at radius 1 is 1.35 bits per heavy atom. The van der Waals surface area contributed by atoms with E-state index >= 15 is 0 Å². The molecule has 7 heteroatoms. The number of benzene rings is 1. The summed E-state index contributed by atoms with van der Waals surface area (Å²) < 4.78 is 33.0. The molecule has 23 heavy (non-hydrogen) atoms. The maximum atomic E-state index is 13.1. The molecule has 0 amide bonds. The van der Waals surface area contributed by atoms with E-state index in [-0.39, 0.29) is 17.4 Å². The monoisotopic (exact) mass is 341 g/mol. The lowest BCUT2D eigenvalue weighted by Gasteiger charge is -2.33. The zero-order valence-corrected chi connectivity index (χ0v) is 14.7. The molecule has 0 bridgehead atoms. The van der Waals surface area contributed by atoms with Crippen LogP contribution in [0.25, 0.3) is 0 Å². The van der Waals surface area contributed by atoms with Crippen molar-refractivity contribution in [3.05, 3.63) is 28.3 Å². The third kappa shape index (κ3) is 3.41. The minimum atomic E-state index is -3.69. The van der Waals surface area contributed by atoms with Crippen LogP contribution in [-0.2, 0) is 26.0 Å². The van der Waals surface area contributed by atoms with Crippen LogP contribution >= 0.6 is 0 Å². The first-order valence-electron chi connectivity index (χ1n) is 7.57. The second-order valence-electron chi connectivity index (χ2n) is 6.05. The van der Waals surface area contributed by atoms with Gasteiger partial charge in [0.05, 0.1) is 24.5 Å². The smallest absolute Gasteiger partial charge is 0.307 e. The molecule has 1 N–H and O–H groups in total. The van der Waals surface area contributed by atoms with Gasteiger partial charge in [-0.2, -0.15) is 4.31 Å². The molecular formula is C16H23NO5S. The zero-order chi connectivity index (χ0) is 17.4. The highest BCUT2D eigenvalue weighted by Gasteiger charge is 2.34. The van der Waals surface area contributed by atoms with Gasteiger partial charge in [0.2, 0.25) is 10.0 Å². The lowest BCUT2D eigenvalue weighted by molar-refractivity contribution is -0.136. The van der Waals surface area contributed by atoms with E-state index < -0.39 is 16.0 Å². The fraction of sp³-hybridized carbons (Fsp3) is 0.562. The van der Waals surface area contributed by atoms with Crippen molar-refractivity contribution in [3.8, 4) is 0 Å². The molecule has 0 aliphatic carbocycles. The van der Waals surface area contributed by atoms with Gasteiger partial charge in [0, 0.05) is 12.6 Å². The van der Waals surface area contributed by atoms with Crippen LogP contribution in [-0.4, -0.2) is 49.6 Å². The lowest BCUT2D eigenvalue weighted by Crippen LogP contribution is -2.47. The Morgan fingerprint density at radius 3 is 2.57 bits per heavy atom. The maximum absolute atomic E-state index is 13.1. The van der Waals surface area contributed by atoms with Gasteiger partial charge in [-0.1, -0.05) is 6.07 Å². The molecule has 0 spiro atoms. The number of sulfonamides is 1. The summed E-state index contributed by atoms with van der Waals surface area (Å²) >= 11 is 0. The molecule has 2 rings (SSSR count). The van der Waals surface area contributed by atoms with Crippen LogP contribution in [0.5, 0.6) is 0 Å². The van der Waals surface area contributed by atoms with Crippen LogP contribution < -0.4 is 0 Å². The Balaban J connectivity index is 2.59. The second-order valence-corrected chi connectivity index (χ2v) is 7.88. The van der Waals surface area contributed by atoms with Crippen molar-refractivity contribution in [1.29, 1.82) is 0 Å². The second kappa shape index (κ2) is 6.59. The summed E-state index contributed by atoms with van der Waals surface area (Å²) in [5, 5.41) is 9.09. The number of carboxylic acids is 1. The number of carbonyl (C=O) groups is 1. The largest absolute Gasteiger partial charge is 0.481 e. The van der Waals surface area contributed by atoms with Crippen LogP contribution in [0.1, 0.15) is 29.2 Å². The Kier molecular flexibility index (Phi) is 5.13. The van der Waals surface area contributed by atoms with E-state index in [1.807, 2.05) is 13.8 Å². The van der Waals surface area contributed by atoms with Gasteiger partial charge in [-0.3, -0.25) is 4.79 Å². The SMILES string of the molecule is Cc1cc(C)c(S(=O)(=O)N2CCOC[C@H]2C)c(C)c1CC(=O)O. The van der Waals surface area contributed by atoms with Crippen LogP contribution in [0.3, 0.4) is 0 Å². The van der Waals surface area contributed by atoms with Crippen molar-refractivity contribution in [2.24, 2.45) is 0 Å². The predicted molar refractivity (Wildman–Crippen MR) is 86.2 cm³/mol. The molecule has 1 saturated heterocycles. The minimum Gasteiger partial charge on any atom is -0.481 e. The number of aliphatic carboxylic acids is 1. The minimum absolute atomic E-state index is 0.181. The van der Waals surface area contributed by atoms with Crippen LogP contribution in [0.15, 0.2) is 11.0 Å². The number of nitrogens with zero attached hydrogens (tertiary/aromatic N) is 1. The highest BCUT2D eigenvalue weighted by molar-refractivity contribution is 7.89. The summed E-state index contributed by atoms with van der Waals surface area (Å²) in [5.41, 5.74) is 2.55. The molecule has 0 radical (unpaired) electrons. The third-order valence-electron chi connectivity index (χ3n) is 4.26. The number of carboxylic acid groups (broad SMARTS) is 1. The number of morpholine rings is 1. The highest BCUT2D eigenvalue weighted by atomic mass is 32.2. The van der Waals surface area contributed by atoms with Gasteiger partial charge in [0.15, 0.2) is 0 Å². The predicted octanol–water partition coefficient (Wildman–Crippen LogP) is 1.65. The van der Waals surface area contributed by atoms with Gasteiger partial charge in [0.1, 0.15) is 0 Å². The molecule has 128 valence electrons. The van der Waals surface area contributed by atoms with Crippen molar-refractivity contribution in [3.63, 3.8) is 0 Å². The first kappa shape index (κ1) is 17.9. The molecule has 0 aromatic heterocycles. The fourth-order valence-electron chi connectivity index (χ4n) is 3.21. The summed E-state index contributed by atoms with van der Waals surface area (Å²) in [6, 6.07) is 1.51. The first-order chi connectivity index (χ1) is 10.7. The Labute approximate surface area is 137 Å². The molecule has 1 aliphatic rings. The van der Waals surface area contributed by atoms with Gasteiger partial charge in [-0.05, 0) is 49.9 Å². The molecular weight excluding hydrogens is 318 g/mol. The topological polar surface area (TPSA) is 83.9 Å². The quantitative estimate of drug-likeness (QED) is 0.900. The van der Waals surface area contributed by atoms with E-state index in [9.17, 15) is 13.2 Å². The number of hydrogen-bond acceptors (Lipinski definition) is 4. The molecule has 1 fully saturated rings. The summed E-state index contributed by atoms with van der Waals surface area (Å²) in [7, 11) is -3.69. The summed E-state index contributed by atoms with van der Waals surface area (Å²) in [6.45, 7) is 8.11. The normalized spacial score (nSPS) is 19.7. The number of aryl methyl sites for hydroxylation is 2. The summed E-state index contributed by atoms with van der Waals surface area (Å²) in [6.07, 6.45) is -0.181. The average molecular weight is 341 g/mol. The van der Waals surface area contributed by atoms with E-state index in [4.69, 9.17) is 9.84 Å². The number of hydrogen-bond donors (Lipinski definition) is 1. The van der Waals surface area contributed by atoms with Gasteiger partial charge in [-0.25, -0.2) is 8.42 Å². The lowest BCUT2D eigenvalue weighted by atomic mass is 9.97. The fourth-order valence-corrected chi connectivity index (χ4v) is 5.27. The van der Waals surface area contributed by atoms with Crippen molar-refractivity contribution < 1.29 is 23.1 Å². The molecule has 1 aliphatic heterocycles. The van der Waals surface area contributed by atoms with E-state index in [0.29, 0.717) is 36.4 Å². The maximum Gasteiger partial charge on any atom is 0.307 e. The molecule has 1 atom stereocenters. The van der Waals surface area contributed by atoms with Crippen LogP contribution in [0.4, 0.5) is 0 Å². The molecule has 6 nitrogen and oxygen atoms in total. The summed E-state index contributed by atoms with van der Waals surface area (Å²) in [4.78, 5) is 11.3. The third-order valence-corrected chi connectivity index (χ3v) is 6.57. The van der Waals surface area contributed by atoms with E-state index in [1.54, 1.807) is 19.9 Å². The highest BCUT2D eigenvalue weighted by Crippen LogP contribution is 2.30. The zero-order valence-electron chi connectivity index (χ0n) is 13.9. The summed E-state index contributed by atoms with van der Waals surface area (Å²) in [5.74, 6) is -0.969. The Hall–Kier alpha value is -1.44. The van der Waals surface area contributed by atoms with Crippen molar-refractivity contribution in [2.75, 3.05) is 19.8 Å². The number of ether oxygens (including phenoxy) is 1. The van der Waals surface area contributed by atoms with Gasteiger partial charge in [-0.15, -0.1) is 0 Å². The Bertz CT molecular complexity index is 726. The van der Waals surface area contributed by atoms with E-state index in [1.165, 1.54) is 4.31 Å². The molecule has 1 heterocycles. The van der Waals surface area contributed by atoms with Crippen molar-refractivity contribution in [1.82, 2.24) is 4.31 Å². The number of rotatable bonds is 4. The van der Waals surface area contributed by atoms with Gasteiger partial charge >= 0.3 is 5.97 Å². The van der Waals surface area contributed by atoms with Crippen molar-refractivity contribution >= 4 is 16.0 Å². The van der Waals surface area contributed by atoms with E-state index in [0.717, 1.165) is 5.56 Å². The standard InChI is InChI=1S/C16H23NO5S/c1-10-7-11(2)16(13(4)14(10)8-15(18)19)23(20,21)17-5-6-22-9-12(17)3/h7,12H,5-6,8-9H2,1-4H3,(H,18,19)/t12-/m1/s1. The van der Waals surface area contributed by atoms with Gasteiger partial charge < -0.3 is 9.84 Å². The average Bonchev–Trinajstić information content (AvgIpc) is 2.43. The first-order valence-corrected chi connectivity index (χ1v) is 9.01.